The summed E-state index contributed by atoms with van der Waals surface area (Å²) in [4.78, 5) is 17.1. The molecule has 0 spiro atoms. The number of phenols is 1. The van der Waals surface area contributed by atoms with Crippen LogP contribution in [0, 0.1) is 6.92 Å². The standard InChI is InChI=1S/C20H24N2O3S/c1-13-5-6-18(26-13)14-10-15-12-22(8-9-25-19(15)17(23)11-14)20(24)16-4-2-3-7-21-16/h5-6,10-11,16,21,23H,2-4,7-9,12H2,1H3/t16-/m0/s1. The Kier molecular flexibility index (Phi) is 4.87. The highest BCUT2D eigenvalue weighted by Gasteiger charge is 2.28. The Morgan fingerprint density at radius 3 is 2.96 bits per heavy atom. The van der Waals surface area contributed by atoms with E-state index < -0.39 is 0 Å². The molecule has 0 aliphatic carbocycles. The van der Waals surface area contributed by atoms with Crippen LogP contribution in [0.4, 0.5) is 0 Å². The molecule has 1 fully saturated rings. The lowest BCUT2D eigenvalue weighted by Crippen LogP contribution is -2.48. The van der Waals surface area contributed by atoms with Crippen molar-refractivity contribution in [3.63, 3.8) is 0 Å². The van der Waals surface area contributed by atoms with Crippen LogP contribution in [0.15, 0.2) is 24.3 Å². The van der Waals surface area contributed by atoms with Crippen LogP contribution in [0.25, 0.3) is 10.4 Å². The summed E-state index contributed by atoms with van der Waals surface area (Å²) in [5, 5.41) is 13.8. The molecular weight excluding hydrogens is 348 g/mol. The Hall–Kier alpha value is -2.05. The van der Waals surface area contributed by atoms with E-state index in [4.69, 9.17) is 4.74 Å². The van der Waals surface area contributed by atoms with E-state index in [1.165, 1.54) is 4.88 Å². The number of benzene rings is 1. The van der Waals surface area contributed by atoms with Crippen molar-refractivity contribution < 1.29 is 14.6 Å². The predicted octanol–water partition coefficient (Wildman–Crippen LogP) is 3.29. The first kappa shape index (κ1) is 17.4. The average molecular weight is 372 g/mol. The maximum absolute atomic E-state index is 12.9. The molecule has 1 aromatic heterocycles. The minimum atomic E-state index is -0.0953. The highest BCUT2D eigenvalue weighted by molar-refractivity contribution is 7.15. The van der Waals surface area contributed by atoms with Gasteiger partial charge in [-0.3, -0.25) is 4.79 Å². The number of nitrogens with one attached hydrogen (secondary N) is 1. The quantitative estimate of drug-likeness (QED) is 0.849. The monoisotopic (exact) mass is 372 g/mol. The van der Waals surface area contributed by atoms with Crippen LogP contribution in [0.1, 0.15) is 29.7 Å². The van der Waals surface area contributed by atoms with Gasteiger partial charge in [-0.2, -0.15) is 0 Å². The molecule has 0 unspecified atom stereocenters. The molecular formula is C20H24N2O3S. The number of amides is 1. The molecule has 2 aliphatic rings. The summed E-state index contributed by atoms with van der Waals surface area (Å²) in [6.07, 6.45) is 3.11. The predicted molar refractivity (Wildman–Crippen MR) is 103 cm³/mol. The Morgan fingerprint density at radius 2 is 2.23 bits per heavy atom. The molecule has 0 radical (unpaired) electrons. The molecule has 0 bridgehead atoms. The van der Waals surface area contributed by atoms with Crippen LogP contribution < -0.4 is 10.1 Å². The van der Waals surface area contributed by atoms with E-state index in [-0.39, 0.29) is 17.7 Å². The zero-order valence-electron chi connectivity index (χ0n) is 15.0. The Bertz CT molecular complexity index is 811. The van der Waals surface area contributed by atoms with Crippen molar-refractivity contribution in [2.45, 2.75) is 38.8 Å². The average Bonchev–Trinajstić information content (AvgIpc) is 2.97. The van der Waals surface area contributed by atoms with E-state index in [0.29, 0.717) is 25.4 Å². The molecule has 1 aromatic carbocycles. The van der Waals surface area contributed by atoms with Crippen LogP contribution in [0.3, 0.4) is 0 Å². The van der Waals surface area contributed by atoms with Crippen LogP contribution >= 0.6 is 11.3 Å². The Balaban J connectivity index is 1.62. The molecule has 26 heavy (non-hydrogen) atoms. The van der Waals surface area contributed by atoms with Crippen molar-refractivity contribution in [1.82, 2.24) is 10.2 Å². The minimum Gasteiger partial charge on any atom is -0.504 e. The minimum absolute atomic E-state index is 0.0953. The molecule has 2 N–H and O–H groups in total. The smallest absolute Gasteiger partial charge is 0.240 e. The highest BCUT2D eigenvalue weighted by Crippen LogP contribution is 2.39. The molecule has 1 amide bonds. The number of ether oxygens (including phenoxy) is 1. The molecule has 2 aromatic rings. The van der Waals surface area contributed by atoms with Crippen molar-refractivity contribution in [3.8, 4) is 21.9 Å². The zero-order valence-corrected chi connectivity index (χ0v) is 15.8. The number of thiophene rings is 1. The molecule has 5 nitrogen and oxygen atoms in total. The summed E-state index contributed by atoms with van der Waals surface area (Å²) in [7, 11) is 0. The normalized spacial score (nSPS) is 20.2. The van der Waals surface area contributed by atoms with Gasteiger partial charge < -0.3 is 20.1 Å². The summed E-state index contributed by atoms with van der Waals surface area (Å²) in [6.45, 7) is 4.38. The van der Waals surface area contributed by atoms with Gasteiger partial charge in [-0.15, -0.1) is 11.3 Å². The fourth-order valence-electron chi connectivity index (χ4n) is 3.70. The summed E-state index contributed by atoms with van der Waals surface area (Å²) in [5.41, 5.74) is 1.83. The number of carbonyl (C=O) groups excluding carboxylic acids is 1. The third-order valence-corrected chi connectivity index (χ3v) is 6.11. The summed E-state index contributed by atoms with van der Waals surface area (Å²) in [6, 6.07) is 7.84. The van der Waals surface area contributed by atoms with E-state index in [1.54, 1.807) is 17.4 Å². The van der Waals surface area contributed by atoms with Gasteiger partial charge in [-0.1, -0.05) is 6.42 Å². The van der Waals surface area contributed by atoms with Gasteiger partial charge in [-0.05, 0) is 56.1 Å². The summed E-state index contributed by atoms with van der Waals surface area (Å²) >= 11 is 1.69. The molecule has 3 heterocycles. The van der Waals surface area contributed by atoms with Gasteiger partial charge in [0.15, 0.2) is 11.5 Å². The van der Waals surface area contributed by atoms with Gasteiger partial charge in [0.05, 0.1) is 12.6 Å². The van der Waals surface area contributed by atoms with E-state index in [1.807, 2.05) is 11.0 Å². The number of rotatable bonds is 2. The third-order valence-electron chi connectivity index (χ3n) is 5.06. The lowest BCUT2D eigenvalue weighted by atomic mass is 10.0. The maximum atomic E-state index is 12.9. The fraction of sp³-hybridized carbons (Fsp3) is 0.450. The van der Waals surface area contributed by atoms with Crippen LogP contribution in [0.5, 0.6) is 11.5 Å². The molecule has 1 atom stereocenters. The van der Waals surface area contributed by atoms with Crippen molar-refractivity contribution >= 4 is 17.2 Å². The number of piperidine rings is 1. The van der Waals surface area contributed by atoms with E-state index in [0.717, 1.165) is 41.8 Å². The summed E-state index contributed by atoms with van der Waals surface area (Å²) < 4.78 is 5.78. The van der Waals surface area contributed by atoms with E-state index >= 15 is 0 Å². The fourth-order valence-corrected chi connectivity index (χ4v) is 4.56. The molecule has 1 saturated heterocycles. The molecule has 6 heteroatoms. The lowest BCUT2D eigenvalue weighted by molar-refractivity contribution is -0.134. The Labute approximate surface area is 157 Å². The maximum Gasteiger partial charge on any atom is 0.240 e. The largest absolute Gasteiger partial charge is 0.504 e. The van der Waals surface area contributed by atoms with Crippen LogP contribution in [-0.4, -0.2) is 41.7 Å². The number of hydrogen-bond acceptors (Lipinski definition) is 5. The first-order chi connectivity index (χ1) is 12.6. The number of carbonyl (C=O) groups is 1. The second kappa shape index (κ2) is 7.29. The van der Waals surface area contributed by atoms with Crippen LogP contribution in [0.2, 0.25) is 0 Å². The molecule has 2 aliphatic heterocycles. The van der Waals surface area contributed by atoms with Crippen LogP contribution in [-0.2, 0) is 11.3 Å². The van der Waals surface area contributed by atoms with Gasteiger partial charge in [0, 0.05) is 21.9 Å². The number of nitrogens with zero attached hydrogens (tertiary/aromatic N) is 1. The molecule has 0 saturated carbocycles. The molecule has 138 valence electrons. The van der Waals surface area contributed by atoms with E-state index in [9.17, 15) is 9.90 Å². The lowest BCUT2D eigenvalue weighted by Gasteiger charge is -2.29. The zero-order chi connectivity index (χ0) is 18.1. The number of aryl methyl sites for hydroxylation is 1. The first-order valence-corrected chi connectivity index (χ1v) is 10.0. The number of fused-ring (bicyclic) bond motifs is 1. The van der Waals surface area contributed by atoms with Gasteiger partial charge in [0.2, 0.25) is 5.91 Å². The number of hydrogen-bond donors (Lipinski definition) is 2. The second-order valence-electron chi connectivity index (χ2n) is 7.00. The van der Waals surface area contributed by atoms with Gasteiger partial charge in [0.25, 0.3) is 0 Å². The molecule has 4 rings (SSSR count). The highest BCUT2D eigenvalue weighted by atomic mass is 32.1. The topological polar surface area (TPSA) is 61.8 Å². The first-order valence-electron chi connectivity index (χ1n) is 9.19. The van der Waals surface area contributed by atoms with Crippen molar-refractivity contribution in [3.05, 3.63) is 34.7 Å². The number of phenolic OH excluding ortho intramolecular Hbond substituents is 1. The second-order valence-corrected chi connectivity index (χ2v) is 8.29. The van der Waals surface area contributed by atoms with Gasteiger partial charge >= 0.3 is 0 Å². The van der Waals surface area contributed by atoms with Crippen molar-refractivity contribution in [1.29, 1.82) is 0 Å². The van der Waals surface area contributed by atoms with Crippen molar-refractivity contribution in [2.75, 3.05) is 19.7 Å². The third kappa shape index (κ3) is 3.44. The SMILES string of the molecule is Cc1ccc(-c2cc(O)c3c(c2)CN(C(=O)[C@@H]2CCCCN2)CCO3)s1. The summed E-state index contributed by atoms with van der Waals surface area (Å²) in [5.74, 6) is 0.792. The van der Waals surface area contributed by atoms with Gasteiger partial charge in [-0.25, -0.2) is 0 Å². The Morgan fingerprint density at radius 1 is 1.35 bits per heavy atom. The van der Waals surface area contributed by atoms with Gasteiger partial charge in [0.1, 0.15) is 6.61 Å². The van der Waals surface area contributed by atoms with Crippen molar-refractivity contribution in [2.24, 2.45) is 0 Å². The number of aromatic hydroxyl groups is 1. The van der Waals surface area contributed by atoms with E-state index in [2.05, 4.69) is 24.4 Å².